The molecule has 0 amide bonds. The molecule has 1 atom stereocenters. The summed E-state index contributed by atoms with van der Waals surface area (Å²) in [4.78, 5) is 28.8. The van der Waals surface area contributed by atoms with Gasteiger partial charge in [0, 0.05) is 67.6 Å². The normalized spacial score (nSPS) is 12.7. The van der Waals surface area contributed by atoms with Crippen molar-refractivity contribution in [1.82, 2.24) is 29.5 Å². The Balaban J connectivity index is 0.977. The number of pyridine rings is 2. The van der Waals surface area contributed by atoms with Crippen molar-refractivity contribution in [2.45, 2.75) is 19.8 Å². The van der Waals surface area contributed by atoms with Crippen molar-refractivity contribution < 1.29 is 0 Å². The molecule has 8 heteroatoms. The maximum absolute atomic E-state index is 5.33. The highest BCUT2D eigenvalue weighted by Crippen LogP contribution is 2.51. The third kappa shape index (κ3) is 8.03. The third-order valence-electron chi connectivity index (χ3n) is 14.5. The van der Waals surface area contributed by atoms with Crippen molar-refractivity contribution in [2.24, 2.45) is 0 Å². The van der Waals surface area contributed by atoms with E-state index in [4.69, 9.17) is 24.9 Å². The molecule has 1 aliphatic rings. The van der Waals surface area contributed by atoms with E-state index in [2.05, 4.69) is 193 Å². The maximum atomic E-state index is 5.33. The van der Waals surface area contributed by atoms with Crippen LogP contribution in [0.2, 0.25) is 0 Å². The molecule has 5 heterocycles. The molecule has 1 unspecified atom stereocenters. The molecule has 0 radical (unpaired) electrons. The van der Waals surface area contributed by atoms with Gasteiger partial charge in [-0.3, -0.25) is 14.5 Å². The van der Waals surface area contributed by atoms with Crippen molar-refractivity contribution >= 4 is 49.5 Å². The Kier molecular flexibility index (Phi) is 11.1. The molecule has 7 nitrogen and oxygen atoms in total. The van der Waals surface area contributed by atoms with Gasteiger partial charge in [-0.2, -0.15) is 9.97 Å². The van der Waals surface area contributed by atoms with E-state index in [1.165, 1.54) is 27.8 Å². The Hall–Kier alpha value is -9.63. The van der Waals surface area contributed by atoms with Gasteiger partial charge in [0.15, 0.2) is 11.6 Å². The van der Waals surface area contributed by atoms with Gasteiger partial charge in [0.05, 0.1) is 22.4 Å². The SMILES string of the molecule is Cc1cc(-c2ccccn2)cc(N(c2cc(C)cc(-c3ccccn3)c2)c2ccc(-c3ccc4c(c3)c3cc5c(cc3n4-c3nc(-c4ccccc4)nc(-c4ccccc4)n3)-c3ccccc3C5c3ccccc3)s2)c1. The van der Waals surface area contributed by atoms with Gasteiger partial charge in [0.2, 0.25) is 5.95 Å². The topological polar surface area (TPSA) is 72.6 Å². The summed E-state index contributed by atoms with van der Waals surface area (Å²) in [5, 5.41) is 3.33. The fourth-order valence-electron chi connectivity index (χ4n) is 11.1. The minimum atomic E-state index is 0.0791. The summed E-state index contributed by atoms with van der Waals surface area (Å²) in [6, 6.07) is 82.0. The van der Waals surface area contributed by atoms with Gasteiger partial charge < -0.3 is 4.90 Å². The lowest BCUT2D eigenvalue weighted by Gasteiger charge is -2.26. The van der Waals surface area contributed by atoms with Crippen LogP contribution in [0.25, 0.3) is 94.6 Å². The van der Waals surface area contributed by atoms with E-state index in [1.807, 2.05) is 73.1 Å². The second-order valence-corrected chi connectivity index (χ2v) is 20.5. The number of hydrogen-bond acceptors (Lipinski definition) is 7. The summed E-state index contributed by atoms with van der Waals surface area (Å²) >= 11 is 1.78. The van der Waals surface area contributed by atoms with E-state index >= 15 is 0 Å². The lowest BCUT2D eigenvalue weighted by molar-refractivity contribution is 0.953. The molecule has 5 aromatic heterocycles. The second-order valence-electron chi connectivity index (χ2n) is 19.5. The average molecular weight is 994 g/mol. The summed E-state index contributed by atoms with van der Waals surface area (Å²) in [5.41, 5.74) is 19.7. The Labute approximate surface area is 444 Å². The number of aromatic nitrogens is 6. The summed E-state index contributed by atoms with van der Waals surface area (Å²) in [5.74, 6) is 1.87. The Morgan fingerprint density at radius 1 is 0.421 bits per heavy atom. The van der Waals surface area contributed by atoms with Crippen LogP contribution in [0.1, 0.15) is 33.7 Å². The fraction of sp³-hybridized carbons (Fsp3) is 0.0441. The maximum Gasteiger partial charge on any atom is 0.238 e. The lowest BCUT2D eigenvalue weighted by Crippen LogP contribution is -2.09. The zero-order valence-corrected chi connectivity index (χ0v) is 42.5. The van der Waals surface area contributed by atoms with E-state index in [9.17, 15) is 0 Å². The molecule has 0 N–H and O–H groups in total. The summed E-state index contributed by atoms with van der Waals surface area (Å²) < 4.78 is 2.25. The summed E-state index contributed by atoms with van der Waals surface area (Å²) in [6.45, 7) is 4.32. The van der Waals surface area contributed by atoms with Crippen LogP contribution in [-0.4, -0.2) is 29.5 Å². The molecule has 76 heavy (non-hydrogen) atoms. The Morgan fingerprint density at radius 3 is 1.62 bits per heavy atom. The number of benzene rings is 8. The molecule has 0 saturated heterocycles. The molecule has 0 spiro atoms. The Bertz CT molecular complexity index is 4160. The number of hydrogen-bond donors (Lipinski definition) is 0. The van der Waals surface area contributed by atoms with E-state index in [0.29, 0.717) is 17.6 Å². The molecule has 0 fully saturated rings. The molecular weight excluding hydrogens is 947 g/mol. The molecule has 13 aromatic rings. The van der Waals surface area contributed by atoms with Crippen molar-refractivity contribution in [3.8, 4) is 72.8 Å². The van der Waals surface area contributed by atoms with Crippen LogP contribution in [0.4, 0.5) is 16.4 Å². The first-order chi connectivity index (χ1) is 37.5. The van der Waals surface area contributed by atoms with Crippen molar-refractivity contribution in [1.29, 1.82) is 0 Å². The predicted molar refractivity (Wildman–Crippen MR) is 312 cm³/mol. The molecule has 0 aliphatic heterocycles. The van der Waals surface area contributed by atoms with Gasteiger partial charge >= 0.3 is 0 Å². The van der Waals surface area contributed by atoms with E-state index in [-0.39, 0.29) is 5.92 Å². The van der Waals surface area contributed by atoms with Crippen molar-refractivity contribution in [2.75, 3.05) is 4.90 Å². The van der Waals surface area contributed by atoms with Gasteiger partial charge in [0.25, 0.3) is 0 Å². The van der Waals surface area contributed by atoms with Crippen molar-refractivity contribution in [3.63, 3.8) is 0 Å². The van der Waals surface area contributed by atoms with Crippen LogP contribution < -0.4 is 4.90 Å². The molecule has 0 saturated carbocycles. The number of nitrogens with zero attached hydrogens (tertiary/aromatic N) is 7. The molecule has 1 aliphatic carbocycles. The van der Waals surface area contributed by atoms with Crippen molar-refractivity contribution in [3.05, 3.63) is 271 Å². The first kappa shape index (κ1) is 45.0. The van der Waals surface area contributed by atoms with Gasteiger partial charge in [-0.1, -0.05) is 133 Å². The Morgan fingerprint density at radius 2 is 1.00 bits per heavy atom. The highest BCUT2D eigenvalue weighted by Gasteiger charge is 2.32. The average Bonchev–Trinajstić information content (AvgIpc) is 4.20. The fourth-order valence-corrected chi connectivity index (χ4v) is 12.2. The zero-order valence-electron chi connectivity index (χ0n) is 41.7. The lowest BCUT2D eigenvalue weighted by atomic mass is 9.89. The molecule has 360 valence electrons. The van der Waals surface area contributed by atoms with Gasteiger partial charge in [-0.15, -0.1) is 11.3 Å². The van der Waals surface area contributed by atoms with Crippen LogP contribution in [0.3, 0.4) is 0 Å². The van der Waals surface area contributed by atoms with E-state index in [1.54, 1.807) is 11.3 Å². The highest BCUT2D eigenvalue weighted by atomic mass is 32.1. The van der Waals surface area contributed by atoms with Crippen LogP contribution in [0.5, 0.6) is 0 Å². The predicted octanol–water partition coefficient (Wildman–Crippen LogP) is 17.4. The number of fused-ring (bicyclic) bond motifs is 6. The van der Waals surface area contributed by atoms with E-state index in [0.717, 1.165) is 93.4 Å². The second kappa shape index (κ2) is 18.7. The highest BCUT2D eigenvalue weighted by molar-refractivity contribution is 7.19. The molecule has 8 aromatic carbocycles. The van der Waals surface area contributed by atoms with Gasteiger partial charge in [0.1, 0.15) is 5.00 Å². The molecule has 14 rings (SSSR count). The monoisotopic (exact) mass is 993 g/mol. The number of anilines is 3. The van der Waals surface area contributed by atoms with Crippen LogP contribution in [0, 0.1) is 13.8 Å². The van der Waals surface area contributed by atoms with Crippen LogP contribution >= 0.6 is 11.3 Å². The largest absolute Gasteiger partial charge is 0.302 e. The first-order valence-electron chi connectivity index (χ1n) is 25.6. The molecular formula is C68H47N7S. The van der Waals surface area contributed by atoms with Crippen LogP contribution in [0.15, 0.2) is 243 Å². The third-order valence-corrected chi connectivity index (χ3v) is 15.6. The zero-order chi connectivity index (χ0) is 50.7. The summed E-state index contributed by atoms with van der Waals surface area (Å²) in [7, 11) is 0. The minimum Gasteiger partial charge on any atom is -0.302 e. The number of rotatable bonds is 10. The minimum absolute atomic E-state index is 0.0791. The van der Waals surface area contributed by atoms with Crippen LogP contribution in [-0.2, 0) is 0 Å². The van der Waals surface area contributed by atoms with E-state index < -0.39 is 0 Å². The number of thiophene rings is 1. The van der Waals surface area contributed by atoms with Gasteiger partial charge in [-0.05, 0) is 155 Å². The standard InChI is InChI=1S/C68H47N7S/c1-43-34-49(59-26-14-16-32-69-59)38-51(36-43)74(52-37-44(2)35-50(39-52)60-27-15-17-33-70-60)64-31-30-63(76-64)48-28-29-61-56(40-48)57-41-58-55(53-24-12-13-25-54(53)65(58)45-18-6-3-7-19-45)42-62(57)75(61)68-72-66(46-20-8-4-9-21-46)71-67(73-68)47-22-10-5-11-23-47/h3-42,65H,1-2H3. The quantitative estimate of drug-likeness (QED) is 0.136. The molecule has 0 bridgehead atoms. The number of aryl methyl sites for hydroxylation is 2. The summed E-state index contributed by atoms with van der Waals surface area (Å²) in [6.07, 6.45) is 3.72. The smallest absolute Gasteiger partial charge is 0.238 e. The first-order valence-corrected chi connectivity index (χ1v) is 26.4. The van der Waals surface area contributed by atoms with Gasteiger partial charge in [-0.25, -0.2) is 4.98 Å².